The maximum absolute atomic E-state index is 12.7. The van der Waals surface area contributed by atoms with Crippen molar-refractivity contribution in [3.05, 3.63) is 0 Å². The lowest BCUT2D eigenvalue weighted by atomic mass is 9.66. The molecule has 1 saturated carbocycles. The van der Waals surface area contributed by atoms with E-state index in [0.717, 1.165) is 0 Å². The number of carbonyl (C=O) groups excluding carboxylic acids is 1. The molecule has 0 aromatic carbocycles. The van der Waals surface area contributed by atoms with E-state index in [1.807, 2.05) is 0 Å². The van der Waals surface area contributed by atoms with Gasteiger partial charge in [0.1, 0.15) is 6.29 Å². The normalized spacial score (nSPS) is 24.3. The van der Waals surface area contributed by atoms with Gasteiger partial charge in [-0.15, -0.1) is 0 Å². The van der Waals surface area contributed by atoms with Crippen LogP contribution in [-0.4, -0.2) is 18.6 Å². The van der Waals surface area contributed by atoms with Gasteiger partial charge in [0.25, 0.3) is 0 Å². The van der Waals surface area contributed by atoms with Crippen LogP contribution in [0.15, 0.2) is 0 Å². The van der Waals surface area contributed by atoms with Gasteiger partial charge >= 0.3 is 6.18 Å². The average Bonchev–Trinajstić information content (AvgIpc) is 1.84. The Morgan fingerprint density at radius 3 is 1.92 bits per heavy atom. The predicted octanol–water partition coefficient (Wildman–Crippen LogP) is 2.26. The molecule has 5 heteroatoms. The summed E-state index contributed by atoms with van der Waals surface area (Å²) in [6.07, 6.45) is -7.27. The lowest BCUT2D eigenvalue weighted by molar-refractivity contribution is -0.220. The van der Waals surface area contributed by atoms with Gasteiger partial charge in [-0.25, -0.2) is 4.39 Å². The molecule has 1 rings (SSSR count). The number of halogens is 4. The highest BCUT2D eigenvalue weighted by Gasteiger charge is 2.57. The largest absolute Gasteiger partial charge is 0.420 e. The summed E-state index contributed by atoms with van der Waals surface area (Å²) in [5.74, 6) is 0. The molecule has 1 atom stereocenters. The van der Waals surface area contributed by atoms with Crippen molar-refractivity contribution < 1.29 is 22.4 Å². The van der Waals surface area contributed by atoms with Gasteiger partial charge < -0.3 is 4.79 Å². The van der Waals surface area contributed by atoms with Crippen LogP contribution in [0.5, 0.6) is 0 Å². The van der Waals surface area contributed by atoms with Crippen LogP contribution in [-0.2, 0) is 4.79 Å². The smallest absolute Gasteiger partial charge is 0.303 e. The molecule has 0 aromatic rings. The van der Waals surface area contributed by atoms with Crippen LogP contribution in [0.4, 0.5) is 17.6 Å². The molecule has 0 aliphatic heterocycles. The quantitative estimate of drug-likeness (QED) is 0.475. The van der Waals surface area contributed by atoms with Crippen LogP contribution in [0.3, 0.4) is 0 Å². The third-order valence-corrected chi connectivity index (χ3v) is 2.31. The maximum atomic E-state index is 12.7. The van der Waals surface area contributed by atoms with Crippen molar-refractivity contribution in [2.75, 3.05) is 0 Å². The van der Waals surface area contributed by atoms with E-state index in [-0.39, 0.29) is 19.1 Å². The van der Waals surface area contributed by atoms with Gasteiger partial charge in [-0.3, -0.25) is 0 Å². The van der Waals surface area contributed by atoms with E-state index in [4.69, 9.17) is 0 Å². The second kappa shape index (κ2) is 2.71. The molecule has 0 spiro atoms. The molecule has 1 aliphatic rings. The molecule has 0 aromatic heterocycles. The van der Waals surface area contributed by atoms with Gasteiger partial charge in [0.05, 0.1) is 5.41 Å². The molecule has 1 nitrogen and oxygen atoms in total. The summed E-state index contributed by atoms with van der Waals surface area (Å²) >= 11 is 0. The van der Waals surface area contributed by atoms with E-state index < -0.39 is 17.8 Å². The first-order chi connectivity index (χ1) is 5.42. The summed E-state index contributed by atoms with van der Waals surface area (Å²) in [5, 5.41) is 0. The van der Waals surface area contributed by atoms with Gasteiger partial charge in [0, 0.05) is 0 Å². The number of hydrogen-bond donors (Lipinski definition) is 0. The third-order valence-electron chi connectivity index (χ3n) is 2.31. The van der Waals surface area contributed by atoms with E-state index in [2.05, 4.69) is 0 Å². The maximum Gasteiger partial charge on any atom is 0.420 e. The summed E-state index contributed by atoms with van der Waals surface area (Å²) in [7, 11) is 0. The van der Waals surface area contributed by atoms with Crippen LogP contribution < -0.4 is 0 Å². The zero-order chi connectivity index (χ0) is 9.41. The fourth-order valence-corrected chi connectivity index (χ4v) is 1.34. The Hall–Kier alpha value is -0.610. The van der Waals surface area contributed by atoms with Crippen molar-refractivity contribution in [1.82, 2.24) is 0 Å². The monoisotopic (exact) mass is 184 g/mol. The zero-order valence-corrected chi connectivity index (χ0v) is 6.20. The van der Waals surface area contributed by atoms with E-state index in [9.17, 15) is 22.4 Å². The molecule has 0 saturated heterocycles. The highest BCUT2D eigenvalue weighted by atomic mass is 19.4. The topological polar surface area (TPSA) is 17.1 Å². The van der Waals surface area contributed by atoms with Crippen molar-refractivity contribution in [3.63, 3.8) is 0 Å². The lowest BCUT2D eigenvalue weighted by Gasteiger charge is -2.39. The van der Waals surface area contributed by atoms with Crippen LogP contribution >= 0.6 is 0 Å². The molecule has 1 aliphatic carbocycles. The summed E-state index contributed by atoms with van der Waals surface area (Å²) < 4.78 is 48.1. The fourth-order valence-electron chi connectivity index (χ4n) is 1.34. The van der Waals surface area contributed by atoms with Gasteiger partial charge in [-0.05, 0) is 12.8 Å². The first kappa shape index (κ1) is 9.48. The Bertz CT molecular complexity index is 182. The first-order valence-corrected chi connectivity index (χ1v) is 3.59. The summed E-state index contributed by atoms with van der Waals surface area (Å²) in [6, 6.07) is 0. The zero-order valence-electron chi connectivity index (χ0n) is 6.20. The minimum atomic E-state index is -4.90. The van der Waals surface area contributed by atoms with E-state index in [1.165, 1.54) is 0 Å². The Morgan fingerprint density at radius 1 is 1.33 bits per heavy atom. The summed E-state index contributed by atoms with van der Waals surface area (Å²) in [6.45, 7) is 0. The number of alkyl halides is 4. The van der Waals surface area contributed by atoms with E-state index >= 15 is 0 Å². The van der Waals surface area contributed by atoms with Crippen LogP contribution in [0.25, 0.3) is 0 Å². The second-order valence-electron chi connectivity index (χ2n) is 3.11. The van der Waals surface area contributed by atoms with Gasteiger partial charge in [0.15, 0.2) is 0 Å². The Kier molecular flexibility index (Phi) is 2.14. The lowest BCUT2D eigenvalue weighted by Crippen LogP contribution is -2.47. The number of rotatable bonds is 2. The van der Waals surface area contributed by atoms with E-state index in [1.54, 1.807) is 0 Å². The van der Waals surface area contributed by atoms with Gasteiger partial charge in [-0.1, -0.05) is 6.42 Å². The van der Waals surface area contributed by atoms with Crippen molar-refractivity contribution in [2.45, 2.75) is 31.6 Å². The first-order valence-electron chi connectivity index (χ1n) is 3.59. The molecule has 1 fully saturated rings. The fraction of sp³-hybridized carbons (Fsp3) is 0.857. The molecule has 70 valence electrons. The molecular formula is C7H8F4O. The summed E-state index contributed by atoms with van der Waals surface area (Å²) in [4.78, 5) is 10.3. The Labute approximate surface area is 66.7 Å². The Morgan fingerprint density at radius 2 is 1.83 bits per heavy atom. The van der Waals surface area contributed by atoms with Gasteiger partial charge in [-0.2, -0.15) is 13.2 Å². The molecule has 0 bridgehead atoms. The minimum Gasteiger partial charge on any atom is -0.303 e. The molecule has 0 heterocycles. The SMILES string of the molecule is O=CC1(C(F)C(F)(F)F)CCC1. The molecule has 0 N–H and O–H groups in total. The molecule has 0 amide bonds. The molecule has 12 heavy (non-hydrogen) atoms. The molecule has 0 radical (unpaired) electrons. The van der Waals surface area contributed by atoms with Crippen molar-refractivity contribution >= 4 is 6.29 Å². The molecule has 1 unspecified atom stereocenters. The molecular weight excluding hydrogens is 176 g/mol. The van der Waals surface area contributed by atoms with Crippen molar-refractivity contribution in [3.8, 4) is 0 Å². The highest BCUT2D eigenvalue weighted by Crippen LogP contribution is 2.48. The third kappa shape index (κ3) is 1.32. The minimum absolute atomic E-state index is 0.0111. The summed E-state index contributed by atoms with van der Waals surface area (Å²) in [5.41, 5.74) is -1.77. The van der Waals surface area contributed by atoms with Crippen molar-refractivity contribution in [2.24, 2.45) is 5.41 Å². The number of hydrogen-bond acceptors (Lipinski definition) is 1. The van der Waals surface area contributed by atoms with Crippen LogP contribution in [0, 0.1) is 5.41 Å². The number of aldehydes is 1. The van der Waals surface area contributed by atoms with Crippen LogP contribution in [0.2, 0.25) is 0 Å². The van der Waals surface area contributed by atoms with Crippen molar-refractivity contribution in [1.29, 1.82) is 0 Å². The Balaban J connectivity index is 2.73. The predicted molar refractivity (Wildman–Crippen MR) is 33.3 cm³/mol. The average molecular weight is 184 g/mol. The van der Waals surface area contributed by atoms with Crippen LogP contribution in [0.1, 0.15) is 19.3 Å². The number of carbonyl (C=O) groups is 1. The van der Waals surface area contributed by atoms with E-state index in [0.29, 0.717) is 6.42 Å². The second-order valence-corrected chi connectivity index (χ2v) is 3.11. The standard InChI is InChI=1S/C7H8F4O/c8-5(7(9,10)11)6(4-12)2-1-3-6/h4-5H,1-3H2. The van der Waals surface area contributed by atoms with Gasteiger partial charge in [0.2, 0.25) is 6.17 Å². The highest BCUT2D eigenvalue weighted by molar-refractivity contribution is 5.62.